The first-order valence-corrected chi connectivity index (χ1v) is 11.0. The molecule has 2 saturated carbocycles. The lowest BCUT2D eigenvalue weighted by Crippen LogP contribution is -2.29. The molecule has 4 atom stereocenters. The summed E-state index contributed by atoms with van der Waals surface area (Å²) in [5.41, 5.74) is 2.46. The Labute approximate surface area is 163 Å². The average Bonchev–Trinajstić information content (AvgIpc) is 2.67. The van der Waals surface area contributed by atoms with E-state index < -0.39 is 0 Å². The summed E-state index contributed by atoms with van der Waals surface area (Å²) in [6, 6.07) is 10.5. The smallest absolute Gasteiger partial charge is 0.131 e. The second kappa shape index (κ2) is 8.17. The first-order valence-electron chi connectivity index (χ1n) is 11.0. The summed E-state index contributed by atoms with van der Waals surface area (Å²) in [7, 11) is 0. The third kappa shape index (κ3) is 4.13. The van der Waals surface area contributed by atoms with E-state index >= 15 is 0 Å². The van der Waals surface area contributed by atoms with Crippen molar-refractivity contribution in [2.24, 2.45) is 17.8 Å². The Morgan fingerprint density at radius 3 is 2.67 bits per heavy atom. The highest BCUT2D eigenvalue weighted by Crippen LogP contribution is 2.47. The van der Waals surface area contributed by atoms with Gasteiger partial charge in [-0.15, -0.1) is 0 Å². The minimum Gasteiger partial charge on any atom is -0.206 e. The average molecular weight is 365 g/mol. The maximum atomic E-state index is 14.8. The first-order chi connectivity index (χ1) is 13.1. The monoisotopic (exact) mass is 364 g/mol. The van der Waals surface area contributed by atoms with Gasteiger partial charge in [0, 0.05) is 5.39 Å². The molecule has 2 aliphatic rings. The molecule has 27 heavy (non-hydrogen) atoms. The van der Waals surface area contributed by atoms with E-state index in [4.69, 9.17) is 0 Å². The zero-order valence-corrected chi connectivity index (χ0v) is 16.9. The summed E-state index contributed by atoms with van der Waals surface area (Å²) in [4.78, 5) is 0. The van der Waals surface area contributed by atoms with Crippen LogP contribution in [-0.2, 0) is 6.42 Å². The highest BCUT2D eigenvalue weighted by molar-refractivity contribution is 5.84. The summed E-state index contributed by atoms with van der Waals surface area (Å²) in [6.07, 6.45) is 14.3. The summed E-state index contributed by atoms with van der Waals surface area (Å²) < 4.78 is 14.8. The molecule has 2 aliphatic carbocycles. The van der Waals surface area contributed by atoms with E-state index in [1.54, 1.807) is 6.07 Å². The quantitative estimate of drug-likeness (QED) is 0.485. The van der Waals surface area contributed by atoms with Crippen LogP contribution in [0.2, 0.25) is 0 Å². The largest absolute Gasteiger partial charge is 0.206 e. The van der Waals surface area contributed by atoms with E-state index in [0.717, 1.165) is 46.9 Å². The lowest BCUT2D eigenvalue weighted by atomic mass is 9.64. The van der Waals surface area contributed by atoms with Gasteiger partial charge in [0.15, 0.2) is 0 Å². The van der Waals surface area contributed by atoms with Gasteiger partial charge in [0.1, 0.15) is 5.82 Å². The zero-order valence-electron chi connectivity index (χ0n) is 16.9. The number of aryl methyl sites for hydroxylation is 1. The van der Waals surface area contributed by atoms with E-state index in [-0.39, 0.29) is 5.82 Å². The van der Waals surface area contributed by atoms with Crippen LogP contribution in [0.5, 0.6) is 0 Å². The number of benzene rings is 2. The summed E-state index contributed by atoms with van der Waals surface area (Å²) in [5.74, 6) is 3.33. The van der Waals surface area contributed by atoms with Crippen LogP contribution >= 0.6 is 0 Å². The molecule has 0 bridgehead atoms. The molecule has 0 saturated heterocycles. The highest BCUT2D eigenvalue weighted by atomic mass is 19.1. The van der Waals surface area contributed by atoms with Gasteiger partial charge in [-0.25, -0.2) is 4.39 Å². The van der Waals surface area contributed by atoms with Crippen molar-refractivity contribution in [3.63, 3.8) is 0 Å². The SMILES string of the molecule is C/C=C/CCc1cc(F)c2cc([C@@H]3CC[C@@H]4CC(C)CCC4C3)ccc2c1. The van der Waals surface area contributed by atoms with Crippen molar-refractivity contribution >= 4 is 10.8 Å². The first kappa shape index (κ1) is 18.7. The topological polar surface area (TPSA) is 0 Å². The normalized spacial score (nSPS) is 28.6. The standard InChI is InChI=1S/C26H33F/c1-3-4-5-6-19-14-24-12-11-23(17-25(24)26(27)15-19)22-10-9-20-13-18(2)7-8-21(20)16-22/h3-4,11-12,14-15,17-18,20-22H,5-10,13,16H2,1-2H3/b4-3+/t18?,20-,21?,22-/m1/s1. The Bertz CT molecular complexity index is 818. The van der Waals surface area contributed by atoms with Gasteiger partial charge in [0.25, 0.3) is 0 Å². The minimum absolute atomic E-state index is 0.0509. The zero-order chi connectivity index (χ0) is 18.8. The Morgan fingerprint density at radius 2 is 1.81 bits per heavy atom. The van der Waals surface area contributed by atoms with Gasteiger partial charge in [0.2, 0.25) is 0 Å². The molecule has 2 fully saturated rings. The highest BCUT2D eigenvalue weighted by Gasteiger charge is 2.34. The van der Waals surface area contributed by atoms with E-state index in [0.29, 0.717) is 5.92 Å². The molecule has 0 nitrogen and oxygen atoms in total. The second-order valence-corrected chi connectivity index (χ2v) is 9.11. The number of allylic oxidation sites excluding steroid dienone is 2. The van der Waals surface area contributed by atoms with Crippen molar-refractivity contribution < 1.29 is 4.39 Å². The fourth-order valence-corrected chi connectivity index (χ4v) is 5.63. The van der Waals surface area contributed by atoms with Crippen molar-refractivity contribution in [3.05, 3.63) is 59.4 Å². The molecular formula is C26H33F. The Hall–Kier alpha value is -1.63. The molecule has 0 heterocycles. The summed E-state index contributed by atoms with van der Waals surface area (Å²) in [5, 5.41) is 1.86. The van der Waals surface area contributed by atoms with Gasteiger partial charge in [-0.1, -0.05) is 43.7 Å². The number of rotatable bonds is 4. The maximum Gasteiger partial charge on any atom is 0.131 e. The fourth-order valence-electron chi connectivity index (χ4n) is 5.63. The van der Waals surface area contributed by atoms with Crippen molar-refractivity contribution in [2.75, 3.05) is 0 Å². The predicted molar refractivity (Wildman–Crippen MR) is 114 cm³/mol. The third-order valence-electron chi connectivity index (χ3n) is 7.17. The van der Waals surface area contributed by atoms with E-state index in [1.165, 1.54) is 44.1 Å². The van der Waals surface area contributed by atoms with Crippen LogP contribution in [0.1, 0.15) is 75.8 Å². The summed E-state index contributed by atoms with van der Waals surface area (Å²) in [6.45, 7) is 4.45. The van der Waals surface area contributed by atoms with Crippen LogP contribution in [-0.4, -0.2) is 0 Å². The molecule has 0 radical (unpaired) electrons. The lowest BCUT2D eigenvalue weighted by Gasteiger charge is -2.41. The Balaban J connectivity index is 1.53. The maximum absolute atomic E-state index is 14.8. The number of hydrogen-bond acceptors (Lipinski definition) is 0. The van der Waals surface area contributed by atoms with Crippen LogP contribution in [0, 0.1) is 23.6 Å². The molecule has 1 heteroatoms. The molecule has 4 rings (SSSR count). The number of halogens is 1. The molecular weight excluding hydrogens is 331 g/mol. The van der Waals surface area contributed by atoms with E-state index in [2.05, 4.69) is 43.3 Å². The third-order valence-corrected chi connectivity index (χ3v) is 7.17. The number of hydrogen-bond donors (Lipinski definition) is 0. The van der Waals surface area contributed by atoms with Crippen molar-refractivity contribution in [1.82, 2.24) is 0 Å². The van der Waals surface area contributed by atoms with Gasteiger partial charge in [-0.3, -0.25) is 0 Å². The molecule has 2 aromatic rings. The molecule has 2 unspecified atom stereocenters. The Morgan fingerprint density at radius 1 is 1.00 bits per heavy atom. The van der Waals surface area contributed by atoms with Crippen molar-refractivity contribution in [3.8, 4) is 0 Å². The fraction of sp³-hybridized carbons (Fsp3) is 0.538. The van der Waals surface area contributed by atoms with Crippen LogP contribution in [0.3, 0.4) is 0 Å². The van der Waals surface area contributed by atoms with Crippen LogP contribution in [0.25, 0.3) is 10.8 Å². The van der Waals surface area contributed by atoms with E-state index in [1.807, 2.05) is 6.92 Å². The van der Waals surface area contributed by atoms with Gasteiger partial charge < -0.3 is 0 Å². The van der Waals surface area contributed by atoms with E-state index in [9.17, 15) is 4.39 Å². The predicted octanol–water partition coefficient (Wildman–Crippen LogP) is 7.81. The lowest BCUT2D eigenvalue weighted by molar-refractivity contribution is 0.124. The van der Waals surface area contributed by atoms with Gasteiger partial charge in [-0.05, 0) is 104 Å². The molecule has 0 N–H and O–H groups in total. The molecule has 0 aromatic heterocycles. The van der Waals surface area contributed by atoms with Crippen molar-refractivity contribution in [2.45, 2.75) is 71.1 Å². The minimum atomic E-state index is -0.0509. The second-order valence-electron chi connectivity index (χ2n) is 9.11. The molecule has 0 aliphatic heterocycles. The van der Waals surface area contributed by atoms with Crippen LogP contribution in [0.4, 0.5) is 4.39 Å². The molecule has 0 amide bonds. The molecule has 2 aromatic carbocycles. The number of fused-ring (bicyclic) bond motifs is 2. The Kier molecular flexibility index (Phi) is 5.66. The molecule has 0 spiro atoms. The van der Waals surface area contributed by atoms with Gasteiger partial charge >= 0.3 is 0 Å². The summed E-state index contributed by atoms with van der Waals surface area (Å²) >= 11 is 0. The van der Waals surface area contributed by atoms with Gasteiger partial charge in [-0.2, -0.15) is 0 Å². The van der Waals surface area contributed by atoms with Crippen molar-refractivity contribution in [1.29, 1.82) is 0 Å². The van der Waals surface area contributed by atoms with Crippen LogP contribution < -0.4 is 0 Å². The molecule has 144 valence electrons. The van der Waals surface area contributed by atoms with Crippen LogP contribution in [0.15, 0.2) is 42.5 Å². The van der Waals surface area contributed by atoms with Gasteiger partial charge in [0.05, 0.1) is 0 Å².